The van der Waals surface area contributed by atoms with E-state index in [-0.39, 0.29) is 17.0 Å². The van der Waals surface area contributed by atoms with Crippen molar-refractivity contribution >= 4 is 11.9 Å². The Morgan fingerprint density at radius 2 is 1.53 bits per heavy atom. The fraction of sp³-hybridized carbons (Fsp3) is 0.308. The third kappa shape index (κ3) is 5.57. The second kappa shape index (κ2) is 11.4. The van der Waals surface area contributed by atoms with Gasteiger partial charge in [0.1, 0.15) is 5.82 Å². The summed E-state index contributed by atoms with van der Waals surface area (Å²) in [6, 6.07) is 11.2. The molecule has 1 aliphatic heterocycles. The molecule has 0 saturated carbocycles. The van der Waals surface area contributed by atoms with Crippen LogP contribution in [0.3, 0.4) is 0 Å². The quantitative estimate of drug-likeness (QED) is 0.506. The number of nitrogens with zero attached hydrogens (tertiary/aromatic N) is 1. The van der Waals surface area contributed by atoms with Crippen LogP contribution in [0.25, 0.3) is 0 Å². The fourth-order valence-electron chi connectivity index (χ4n) is 3.73. The number of halogens is 1. The molecule has 0 bridgehead atoms. The molecule has 2 aromatic carbocycles. The van der Waals surface area contributed by atoms with Gasteiger partial charge in [-0.25, -0.2) is 14.0 Å². The number of carbonyl (C=O) groups is 2. The number of benzene rings is 2. The van der Waals surface area contributed by atoms with Gasteiger partial charge in [-0.2, -0.15) is 0 Å². The van der Waals surface area contributed by atoms with Crippen LogP contribution in [0.5, 0.6) is 11.5 Å². The van der Waals surface area contributed by atoms with Crippen LogP contribution in [0.15, 0.2) is 66.0 Å². The fourth-order valence-corrected chi connectivity index (χ4v) is 3.73. The van der Waals surface area contributed by atoms with Crippen molar-refractivity contribution in [2.24, 2.45) is 0 Å². The van der Waals surface area contributed by atoms with E-state index in [1.54, 1.807) is 47.6 Å². The van der Waals surface area contributed by atoms with Crippen LogP contribution in [0.4, 0.5) is 4.39 Å². The minimum absolute atomic E-state index is 0.247. The van der Waals surface area contributed by atoms with Crippen LogP contribution in [0, 0.1) is 5.82 Å². The Bertz CT molecular complexity index is 1060. The molecule has 0 radical (unpaired) electrons. The van der Waals surface area contributed by atoms with Gasteiger partial charge < -0.3 is 23.8 Å². The van der Waals surface area contributed by atoms with Crippen LogP contribution >= 0.6 is 0 Å². The average molecular weight is 470 g/mol. The summed E-state index contributed by atoms with van der Waals surface area (Å²) < 4.78 is 34.6. The van der Waals surface area contributed by atoms with Gasteiger partial charge in [0.25, 0.3) is 0 Å². The summed E-state index contributed by atoms with van der Waals surface area (Å²) in [6.45, 7) is 2.83. The monoisotopic (exact) mass is 469 g/mol. The molecule has 0 aliphatic carbocycles. The molecule has 2 aromatic rings. The van der Waals surface area contributed by atoms with Gasteiger partial charge in [-0.1, -0.05) is 25.1 Å². The molecule has 0 saturated heterocycles. The summed E-state index contributed by atoms with van der Waals surface area (Å²) in [5.41, 5.74) is 1.92. The minimum Gasteiger partial charge on any atom is -0.493 e. The van der Waals surface area contributed by atoms with E-state index in [1.165, 1.54) is 33.5 Å². The Balaban J connectivity index is 2.06. The van der Waals surface area contributed by atoms with E-state index < -0.39 is 17.9 Å². The molecule has 0 fully saturated rings. The molecule has 8 heteroatoms. The first-order valence-electron chi connectivity index (χ1n) is 10.8. The number of carbonyl (C=O) groups excluding carboxylic acids is 2. The maximum atomic E-state index is 13.3. The van der Waals surface area contributed by atoms with Crippen molar-refractivity contribution in [2.75, 3.05) is 27.9 Å². The molecule has 0 N–H and O–H groups in total. The zero-order valence-corrected chi connectivity index (χ0v) is 19.7. The number of hydrogen-bond donors (Lipinski definition) is 0. The molecular formula is C26H28FNO6. The van der Waals surface area contributed by atoms with E-state index in [0.29, 0.717) is 30.2 Å². The molecule has 0 spiro atoms. The Morgan fingerprint density at radius 1 is 0.912 bits per heavy atom. The largest absolute Gasteiger partial charge is 0.493 e. The summed E-state index contributed by atoms with van der Waals surface area (Å²) in [4.78, 5) is 27.3. The molecule has 34 heavy (non-hydrogen) atoms. The molecule has 0 aromatic heterocycles. The SMILES string of the molecule is CCCOc1ccc(C2C(C(=O)OC)=CN(Cc3ccc(F)cc3)C=C2C(=O)OC)cc1OC. The third-order valence-corrected chi connectivity index (χ3v) is 5.34. The highest BCUT2D eigenvalue weighted by atomic mass is 19.1. The van der Waals surface area contributed by atoms with Gasteiger partial charge in [0.05, 0.1) is 45.0 Å². The topological polar surface area (TPSA) is 74.3 Å². The van der Waals surface area contributed by atoms with Crippen molar-refractivity contribution in [1.29, 1.82) is 0 Å². The number of ether oxygens (including phenoxy) is 4. The predicted octanol–water partition coefficient (Wildman–Crippen LogP) is 4.34. The molecule has 7 nitrogen and oxygen atoms in total. The Kier molecular flexibility index (Phi) is 8.29. The lowest BCUT2D eigenvalue weighted by atomic mass is 9.83. The molecule has 0 amide bonds. The lowest BCUT2D eigenvalue weighted by Crippen LogP contribution is -2.28. The second-order valence-corrected chi connectivity index (χ2v) is 7.64. The van der Waals surface area contributed by atoms with Crippen LogP contribution in [0.1, 0.15) is 30.4 Å². The number of methoxy groups -OCH3 is 3. The molecule has 0 atom stereocenters. The molecular weight excluding hydrogens is 441 g/mol. The Hall–Kier alpha value is -3.81. The Morgan fingerprint density at radius 3 is 2.06 bits per heavy atom. The van der Waals surface area contributed by atoms with Crippen molar-refractivity contribution in [3.63, 3.8) is 0 Å². The van der Waals surface area contributed by atoms with Crippen molar-refractivity contribution in [1.82, 2.24) is 4.90 Å². The first kappa shape index (κ1) is 24.8. The minimum atomic E-state index is -0.751. The van der Waals surface area contributed by atoms with E-state index in [1.807, 2.05) is 6.92 Å². The molecule has 0 unspecified atom stereocenters. The first-order valence-corrected chi connectivity index (χ1v) is 10.8. The second-order valence-electron chi connectivity index (χ2n) is 7.64. The standard InChI is InChI=1S/C26H28FNO6/c1-5-12-34-22-11-8-18(13-23(22)31-2)24-20(25(29)32-3)15-28(16-21(24)26(30)33-4)14-17-6-9-19(27)10-7-17/h6-11,13,15-16,24H,5,12,14H2,1-4H3. The van der Waals surface area contributed by atoms with E-state index in [0.717, 1.165) is 12.0 Å². The summed E-state index contributed by atoms with van der Waals surface area (Å²) in [5.74, 6) is -1.23. The van der Waals surface area contributed by atoms with E-state index in [4.69, 9.17) is 18.9 Å². The summed E-state index contributed by atoms with van der Waals surface area (Å²) in [5, 5.41) is 0. The highest BCUT2D eigenvalue weighted by Gasteiger charge is 2.35. The first-order chi connectivity index (χ1) is 16.4. The lowest BCUT2D eigenvalue weighted by molar-refractivity contribution is -0.137. The number of esters is 2. The van der Waals surface area contributed by atoms with Crippen molar-refractivity contribution in [3.8, 4) is 11.5 Å². The highest BCUT2D eigenvalue weighted by Crippen LogP contribution is 2.40. The summed E-state index contributed by atoms with van der Waals surface area (Å²) >= 11 is 0. The van der Waals surface area contributed by atoms with Crippen LogP contribution in [0.2, 0.25) is 0 Å². The van der Waals surface area contributed by atoms with Gasteiger partial charge >= 0.3 is 11.9 Å². The van der Waals surface area contributed by atoms with E-state index in [9.17, 15) is 14.0 Å². The van der Waals surface area contributed by atoms with Crippen molar-refractivity contribution < 1.29 is 32.9 Å². The predicted molar refractivity (Wildman–Crippen MR) is 124 cm³/mol. The molecule has 180 valence electrons. The number of hydrogen-bond acceptors (Lipinski definition) is 7. The lowest BCUT2D eigenvalue weighted by Gasteiger charge is -2.30. The summed E-state index contributed by atoms with van der Waals surface area (Å²) in [6.07, 6.45) is 4.09. The molecule has 1 aliphatic rings. The maximum absolute atomic E-state index is 13.3. The van der Waals surface area contributed by atoms with E-state index in [2.05, 4.69) is 0 Å². The van der Waals surface area contributed by atoms with E-state index >= 15 is 0 Å². The average Bonchev–Trinajstić information content (AvgIpc) is 2.87. The van der Waals surface area contributed by atoms with Gasteiger partial charge in [-0.15, -0.1) is 0 Å². The summed E-state index contributed by atoms with van der Waals surface area (Å²) in [7, 11) is 4.09. The zero-order chi connectivity index (χ0) is 24.7. The molecule has 1 heterocycles. The maximum Gasteiger partial charge on any atom is 0.336 e. The van der Waals surface area contributed by atoms with Crippen molar-refractivity contribution in [2.45, 2.75) is 25.8 Å². The van der Waals surface area contributed by atoms with Gasteiger partial charge in [0.2, 0.25) is 0 Å². The van der Waals surface area contributed by atoms with Crippen molar-refractivity contribution in [3.05, 3.63) is 83.0 Å². The van der Waals surface area contributed by atoms with Gasteiger partial charge in [0, 0.05) is 18.9 Å². The molecule has 3 rings (SSSR count). The zero-order valence-electron chi connectivity index (χ0n) is 19.7. The highest BCUT2D eigenvalue weighted by molar-refractivity contribution is 5.98. The van der Waals surface area contributed by atoms with Gasteiger partial charge in [-0.05, 0) is 41.8 Å². The Labute approximate surface area is 198 Å². The van der Waals surface area contributed by atoms with Gasteiger partial charge in [0.15, 0.2) is 11.5 Å². The normalized spacial score (nSPS) is 13.6. The van der Waals surface area contributed by atoms with Crippen LogP contribution in [-0.2, 0) is 25.6 Å². The van der Waals surface area contributed by atoms with Crippen LogP contribution < -0.4 is 9.47 Å². The third-order valence-electron chi connectivity index (χ3n) is 5.34. The number of rotatable bonds is 9. The van der Waals surface area contributed by atoms with Gasteiger partial charge in [-0.3, -0.25) is 0 Å². The smallest absolute Gasteiger partial charge is 0.336 e. The van der Waals surface area contributed by atoms with Crippen LogP contribution in [-0.4, -0.2) is 44.8 Å².